The fourth-order valence-electron chi connectivity index (χ4n) is 2.51. The van der Waals surface area contributed by atoms with Gasteiger partial charge in [-0.1, -0.05) is 39.0 Å². The fraction of sp³-hybridized carbons (Fsp3) is 0.368. The summed E-state index contributed by atoms with van der Waals surface area (Å²) >= 11 is 0. The fourth-order valence-corrected chi connectivity index (χ4v) is 2.51. The van der Waals surface area contributed by atoms with E-state index in [0.717, 1.165) is 16.9 Å². The molecule has 1 aliphatic rings. The monoisotopic (exact) mass is 309 g/mol. The van der Waals surface area contributed by atoms with Gasteiger partial charge in [0.25, 0.3) is 5.91 Å². The van der Waals surface area contributed by atoms with Gasteiger partial charge in [0.05, 0.1) is 11.9 Å². The maximum atomic E-state index is 12.4. The molecule has 4 nitrogen and oxygen atoms in total. The van der Waals surface area contributed by atoms with Gasteiger partial charge in [0, 0.05) is 11.7 Å². The van der Waals surface area contributed by atoms with Crippen LogP contribution in [0.2, 0.25) is 0 Å². The molecule has 4 heteroatoms. The van der Waals surface area contributed by atoms with Crippen LogP contribution < -0.4 is 10.6 Å². The summed E-state index contributed by atoms with van der Waals surface area (Å²) in [5.74, 6) is -0.181. The highest BCUT2D eigenvalue weighted by Crippen LogP contribution is 2.29. The molecule has 0 unspecified atom stereocenters. The van der Waals surface area contributed by atoms with E-state index in [9.17, 15) is 4.79 Å². The topological polar surface area (TPSA) is 54.0 Å². The highest BCUT2D eigenvalue weighted by atomic mass is 16.1. The summed E-state index contributed by atoms with van der Waals surface area (Å²) in [5, 5.41) is 6.35. The van der Waals surface area contributed by atoms with E-state index in [1.807, 2.05) is 30.3 Å². The van der Waals surface area contributed by atoms with Crippen molar-refractivity contribution >= 4 is 17.3 Å². The third kappa shape index (κ3) is 3.89. The molecule has 1 fully saturated rings. The number of para-hydroxylation sites is 1. The van der Waals surface area contributed by atoms with Gasteiger partial charge in [-0.3, -0.25) is 4.79 Å². The molecule has 1 amide bonds. The molecule has 1 saturated carbocycles. The van der Waals surface area contributed by atoms with Crippen LogP contribution in [0, 0.1) is 0 Å². The zero-order valence-corrected chi connectivity index (χ0v) is 13.9. The Morgan fingerprint density at radius 1 is 1.13 bits per heavy atom. The Labute approximate surface area is 137 Å². The van der Waals surface area contributed by atoms with Crippen LogP contribution in [0.1, 0.15) is 49.7 Å². The van der Waals surface area contributed by atoms with Gasteiger partial charge in [-0.05, 0) is 42.0 Å². The maximum absolute atomic E-state index is 12.4. The average Bonchev–Trinajstić information content (AvgIpc) is 3.31. The first kappa shape index (κ1) is 15.5. The lowest BCUT2D eigenvalue weighted by Gasteiger charge is -2.22. The molecule has 0 saturated heterocycles. The summed E-state index contributed by atoms with van der Waals surface area (Å²) in [6.45, 7) is 6.40. The number of rotatable bonds is 4. The number of carbonyl (C=O) groups is 1. The predicted octanol–water partition coefficient (Wildman–Crippen LogP) is 4.21. The Bertz CT molecular complexity index is 697. The first-order valence-electron chi connectivity index (χ1n) is 8.07. The van der Waals surface area contributed by atoms with Crippen molar-refractivity contribution in [2.24, 2.45) is 0 Å². The molecule has 0 bridgehead atoms. The van der Waals surface area contributed by atoms with Crippen LogP contribution in [-0.2, 0) is 5.41 Å². The van der Waals surface area contributed by atoms with Crippen LogP contribution >= 0.6 is 0 Å². The second-order valence-electron chi connectivity index (χ2n) is 7.10. The zero-order chi connectivity index (χ0) is 16.4. The smallest absolute Gasteiger partial charge is 0.274 e. The Morgan fingerprint density at radius 3 is 2.48 bits per heavy atom. The van der Waals surface area contributed by atoms with Gasteiger partial charge in [0.15, 0.2) is 0 Å². The van der Waals surface area contributed by atoms with Crippen LogP contribution in [0.15, 0.2) is 42.6 Å². The molecule has 1 aromatic heterocycles. The van der Waals surface area contributed by atoms with Gasteiger partial charge in [-0.25, -0.2) is 4.98 Å². The summed E-state index contributed by atoms with van der Waals surface area (Å²) in [6.07, 6.45) is 4.15. The number of hydrogen-bond donors (Lipinski definition) is 2. The third-order valence-electron chi connectivity index (χ3n) is 3.93. The Balaban J connectivity index is 1.74. The lowest BCUT2D eigenvalue weighted by Crippen LogP contribution is -2.19. The Kier molecular flexibility index (Phi) is 4.07. The third-order valence-corrected chi connectivity index (χ3v) is 3.93. The summed E-state index contributed by atoms with van der Waals surface area (Å²) in [7, 11) is 0. The minimum Gasteiger partial charge on any atom is -0.381 e. The van der Waals surface area contributed by atoms with E-state index in [-0.39, 0.29) is 11.3 Å². The Morgan fingerprint density at radius 2 is 1.87 bits per heavy atom. The number of nitrogens with one attached hydrogen (secondary N) is 2. The summed E-state index contributed by atoms with van der Waals surface area (Å²) in [5.41, 5.74) is 3.32. The average molecular weight is 309 g/mol. The van der Waals surface area contributed by atoms with E-state index in [0.29, 0.717) is 11.7 Å². The van der Waals surface area contributed by atoms with Crippen molar-refractivity contribution in [1.82, 2.24) is 4.98 Å². The van der Waals surface area contributed by atoms with Crippen molar-refractivity contribution in [3.05, 3.63) is 53.9 Å². The molecule has 1 aliphatic carbocycles. The zero-order valence-electron chi connectivity index (χ0n) is 13.9. The Hall–Kier alpha value is -2.36. The van der Waals surface area contributed by atoms with Crippen LogP contribution in [0.5, 0.6) is 0 Å². The van der Waals surface area contributed by atoms with Crippen LogP contribution in [0.25, 0.3) is 0 Å². The van der Waals surface area contributed by atoms with E-state index >= 15 is 0 Å². The van der Waals surface area contributed by atoms with Crippen molar-refractivity contribution in [3.8, 4) is 0 Å². The molecular formula is C19H23N3O. The minimum absolute atomic E-state index is 0.0324. The molecule has 1 aromatic carbocycles. The standard InChI is InChI=1S/C19H23N3O/c1-19(2,3)15-6-4-5-7-16(15)22-18(23)17-11-10-14(12-20-17)21-13-8-9-13/h4-7,10-13,21H,8-9H2,1-3H3,(H,22,23). The van der Waals surface area contributed by atoms with Crippen molar-refractivity contribution in [3.63, 3.8) is 0 Å². The van der Waals surface area contributed by atoms with Gasteiger partial charge in [-0.15, -0.1) is 0 Å². The van der Waals surface area contributed by atoms with E-state index < -0.39 is 0 Å². The van der Waals surface area contributed by atoms with Crippen molar-refractivity contribution in [2.75, 3.05) is 10.6 Å². The first-order valence-corrected chi connectivity index (χ1v) is 8.07. The highest BCUT2D eigenvalue weighted by molar-refractivity contribution is 6.03. The summed E-state index contributed by atoms with van der Waals surface area (Å²) < 4.78 is 0. The molecule has 0 aliphatic heterocycles. The molecule has 120 valence electrons. The van der Waals surface area contributed by atoms with Gasteiger partial charge in [0.1, 0.15) is 5.69 Å². The number of hydrogen-bond acceptors (Lipinski definition) is 3. The number of carbonyl (C=O) groups excluding carboxylic acids is 1. The number of anilines is 2. The largest absolute Gasteiger partial charge is 0.381 e. The van der Waals surface area contributed by atoms with E-state index in [2.05, 4.69) is 36.4 Å². The second-order valence-corrected chi connectivity index (χ2v) is 7.10. The van der Waals surface area contributed by atoms with Gasteiger partial charge in [-0.2, -0.15) is 0 Å². The molecule has 2 N–H and O–H groups in total. The lowest BCUT2D eigenvalue weighted by molar-refractivity contribution is 0.102. The van der Waals surface area contributed by atoms with Gasteiger partial charge < -0.3 is 10.6 Å². The van der Waals surface area contributed by atoms with Crippen LogP contribution in [-0.4, -0.2) is 16.9 Å². The first-order chi connectivity index (χ1) is 10.9. The highest BCUT2D eigenvalue weighted by Gasteiger charge is 2.21. The van der Waals surface area contributed by atoms with E-state index in [4.69, 9.17) is 0 Å². The van der Waals surface area contributed by atoms with E-state index in [1.165, 1.54) is 12.8 Å². The number of benzene rings is 1. The van der Waals surface area contributed by atoms with Crippen molar-refractivity contribution in [1.29, 1.82) is 0 Å². The van der Waals surface area contributed by atoms with E-state index in [1.54, 1.807) is 12.3 Å². The van der Waals surface area contributed by atoms with Crippen molar-refractivity contribution in [2.45, 2.75) is 45.1 Å². The number of aromatic nitrogens is 1. The summed E-state index contributed by atoms with van der Waals surface area (Å²) in [6, 6.07) is 12.2. The molecule has 1 heterocycles. The molecule has 0 spiro atoms. The number of amides is 1. The lowest BCUT2D eigenvalue weighted by atomic mass is 9.86. The number of nitrogens with zero attached hydrogens (tertiary/aromatic N) is 1. The molecule has 0 radical (unpaired) electrons. The molecule has 0 atom stereocenters. The normalized spacial score (nSPS) is 14.4. The number of pyridine rings is 1. The molecule has 23 heavy (non-hydrogen) atoms. The van der Waals surface area contributed by atoms with Crippen LogP contribution in [0.4, 0.5) is 11.4 Å². The minimum atomic E-state index is -0.181. The SMILES string of the molecule is CC(C)(C)c1ccccc1NC(=O)c1ccc(NC2CC2)cn1. The molecular weight excluding hydrogens is 286 g/mol. The molecule has 3 rings (SSSR count). The predicted molar refractivity (Wildman–Crippen MR) is 94.0 cm³/mol. The quantitative estimate of drug-likeness (QED) is 0.889. The van der Waals surface area contributed by atoms with Crippen LogP contribution in [0.3, 0.4) is 0 Å². The maximum Gasteiger partial charge on any atom is 0.274 e. The molecule has 2 aromatic rings. The van der Waals surface area contributed by atoms with Gasteiger partial charge >= 0.3 is 0 Å². The summed E-state index contributed by atoms with van der Waals surface area (Å²) in [4.78, 5) is 16.7. The van der Waals surface area contributed by atoms with Gasteiger partial charge in [0.2, 0.25) is 0 Å². The second kappa shape index (κ2) is 6.03. The van der Waals surface area contributed by atoms with Crippen molar-refractivity contribution < 1.29 is 4.79 Å².